The van der Waals surface area contributed by atoms with Crippen LogP contribution in [0.4, 0.5) is 0 Å². The van der Waals surface area contributed by atoms with Crippen LogP contribution in [0.1, 0.15) is 22.8 Å². The molecule has 5 nitrogen and oxygen atoms in total. The average Bonchev–Trinajstić information content (AvgIpc) is 3.06. The van der Waals surface area contributed by atoms with Crippen LogP contribution in [0, 0.1) is 0 Å². The molecule has 30 heavy (non-hydrogen) atoms. The van der Waals surface area contributed by atoms with E-state index in [1.165, 1.54) is 11.8 Å². The van der Waals surface area contributed by atoms with Gasteiger partial charge in [-0.15, -0.1) is 0 Å². The maximum absolute atomic E-state index is 12.9. The van der Waals surface area contributed by atoms with E-state index in [1.807, 2.05) is 43.3 Å². The highest BCUT2D eigenvalue weighted by Crippen LogP contribution is 2.33. The Bertz CT molecular complexity index is 1200. The van der Waals surface area contributed by atoms with Gasteiger partial charge in [-0.2, -0.15) is 0 Å². The molecule has 0 spiro atoms. The lowest BCUT2D eigenvalue weighted by Crippen LogP contribution is -2.17. The molecule has 1 N–H and O–H groups in total. The average molecular weight is 436 g/mol. The fourth-order valence-electron chi connectivity index (χ4n) is 3.10. The van der Waals surface area contributed by atoms with Crippen LogP contribution in [0.5, 0.6) is 11.5 Å². The first-order valence-electron chi connectivity index (χ1n) is 9.27. The second-order valence-electron chi connectivity index (χ2n) is 6.41. The lowest BCUT2D eigenvalue weighted by molar-refractivity contribution is -0.115. The molecule has 0 atom stereocenters. The van der Waals surface area contributed by atoms with E-state index in [4.69, 9.17) is 21.7 Å². The van der Waals surface area contributed by atoms with Crippen molar-refractivity contribution >= 4 is 57.0 Å². The Labute approximate surface area is 183 Å². The normalized spacial score (nSPS) is 14.8. The largest absolute Gasteiger partial charge is 0.490 e. The second-order valence-corrected chi connectivity index (χ2v) is 8.13. The lowest BCUT2D eigenvalue weighted by atomic mass is 10.0. The summed E-state index contributed by atoms with van der Waals surface area (Å²) in [5.74, 6) is 0.0479. The zero-order chi connectivity index (χ0) is 21.1. The third kappa shape index (κ3) is 4.22. The topological polar surface area (TPSA) is 64.6 Å². The van der Waals surface area contributed by atoms with Crippen molar-refractivity contribution < 1.29 is 19.1 Å². The standard InChI is InChI=1S/C23H17NO4S2/c1-2-27-19-12-14(13-20-21(25)24-23(29)30-20)10-11-18(19)28-22(26)17-9-5-7-15-6-3-4-8-16(15)17/h3-13H,2H2,1H3,(H,24,25,29)/b20-13+. The first-order chi connectivity index (χ1) is 14.5. The Morgan fingerprint density at radius 1 is 1.10 bits per heavy atom. The number of hydrogen-bond acceptors (Lipinski definition) is 6. The summed E-state index contributed by atoms with van der Waals surface area (Å²) in [7, 11) is 0. The highest BCUT2D eigenvalue weighted by molar-refractivity contribution is 8.26. The Morgan fingerprint density at radius 2 is 1.90 bits per heavy atom. The van der Waals surface area contributed by atoms with Crippen LogP contribution in [-0.4, -0.2) is 22.8 Å². The quantitative estimate of drug-likeness (QED) is 0.265. The molecule has 0 unspecified atom stereocenters. The van der Waals surface area contributed by atoms with Crippen LogP contribution >= 0.6 is 24.0 Å². The number of fused-ring (bicyclic) bond motifs is 1. The molecule has 0 aromatic heterocycles. The molecule has 3 aromatic carbocycles. The van der Waals surface area contributed by atoms with Gasteiger partial charge in [0.05, 0.1) is 17.1 Å². The molecular formula is C23H17NO4S2. The summed E-state index contributed by atoms with van der Waals surface area (Å²) in [6, 6.07) is 18.3. The van der Waals surface area contributed by atoms with E-state index < -0.39 is 5.97 Å². The zero-order valence-electron chi connectivity index (χ0n) is 16.0. The number of thiocarbonyl (C=S) groups is 1. The van der Waals surface area contributed by atoms with Gasteiger partial charge in [0, 0.05) is 0 Å². The Morgan fingerprint density at radius 3 is 2.67 bits per heavy atom. The minimum Gasteiger partial charge on any atom is -0.490 e. The van der Waals surface area contributed by atoms with E-state index in [0.29, 0.717) is 32.9 Å². The summed E-state index contributed by atoms with van der Waals surface area (Å²) >= 11 is 6.22. The van der Waals surface area contributed by atoms with Gasteiger partial charge in [-0.25, -0.2) is 4.79 Å². The number of ether oxygens (including phenoxy) is 2. The number of carbonyl (C=O) groups excluding carboxylic acids is 2. The van der Waals surface area contributed by atoms with Crippen molar-refractivity contribution in [3.8, 4) is 11.5 Å². The van der Waals surface area contributed by atoms with Gasteiger partial charge < -0.3 is 14.8 Å². The van der Waals surface area contributed by atoms with Crippen molar-refractivity contribution in [2.75, 3.05) is 6.61 Å². The number of benzene rings is 3. The van der Waals surface area contributed by atoms with E-state index in [0.717, 1.165) is 16.3 Å². The van der Waals surface area contributed by atoms with Gasteiger partial charge in [-0.3, -0.25) is 4.79 Å². The maximum Gasteiger partial charge on any atom is 0.344 e. The van der Waals surface area contributed by atoms with E-state index >= 15 is 0 Å². The number of amides is 1. The zero-order valence-corrected chi connectivity index (χ0v) is 17.6. The smallest absolute Gasteiger partial charge is 0.344 e. The van der Waals surface area contributed by atoms with Crippen molar-refractivity contribution in [1.82, 2.24) is 5.32 Å². The number of nitrogens with one attached hydrogen (secondary N) is 1. The third-order valence-corrected chi connectivity index (χ3v) is 5.58. The number of rotatable bonds is 5. The second kappa shape index (κ2) is 8.69. The molecule has 1 amide bonds. The van der Waals surface area contributed by atoms with Gasteiger partial charge in [0.1, 0.15) is 4.32 Å². The highest BCUT2D eigenvalue weighted by atomic mass is 32.2. The minimum absolute atomic E-state index is 0.227. The molecule has 0 aliphatic carbocycles. The van der Waals surface area contributed by atoms with Crippen molar-refractivity contribution in [3.63, 3.8) is 0 Å². The molecule has 1 aliphatic rings. The summed E-state index contributed by atoms with van der Waals surface area (Å²) < 4.78 is 11.8. The van der Waals surface area contributed by atoms with Gasteiger partial charge in [0.25, 0.3) is 5.91 Å². The summed E-state index contributed by atoms with van der Waals surface area (Å²) in [5.41, 5.74) is 1.22. The number of esters is 1. The Balaban J connectivity index is 1.63. The van der Waals surface area contributed by atoms with Gasteiger partial charge in [-0.05, 0) is 47.5 Å². The fourth-order valence-corrected chi connectivity index (χ4v) is 4.14. The van der Waals surface area contributed by atoms with Crippen LogP contribution < -0.4 is 14.8 Å². The van der Waals surface area contributed by atoms with Gasteiger partial charge in [0.2, 0.25) is 0 Å². The fraction of sp³-hybridized carbons (Fsp3) is 0.0870. The SMILES string of the molecule is CCOc1cc(/C=C2/SC(=S)NC2=O)ccc1OC(=O)c1cccc2ccccc12. The molecule has 0 bridgehead atoms. The van der Waals surface area contributed by atoms with Crippen LogP contribution in [-0.2, 0) is 4.79 Å². The molecule has 1 heterocycles. The third-order valence-electron chi connectivity index (χ3n) is 4.42. The van der Waals surface area contributed by atoms with Gasteiger partial charge in [-0.1, -0.05) is 66.4 Å². The number of hydrogen-bond donors (Lipinski definition) is 1. The molecule has 1 fully saturated rings. The van der Waals surface area contributed by atoms with Crippen LogP contribution in [0.2, 0.25) is 0 Å². The first kappa shape index (κ1) is 20.1. The summed E-state index contributed by atoms with van der Waals surface area (Å²) in [6.07, 6.45) is 1.72. The van der Waals surface area contributed by atoms with Crippen molar-refractivity contribution in [2.24, 2.45) is 0 Å². The summed E-state index contributed by atoms with van der Waals surface area (Å²) in [4.78, 5) is 25.3. The lowest BCUT2D eigenvalue weighted by Gasteiger charge is -2.12. The van der Waals surface area contributed by atoms with Gasteiger partial charge >= 0.3 is 5.97 Å². The summed E-state index contributed by atoms with van der Waals surface area (Å²) in [5, 5.41) is 4.37. The van der Waals surface area contributed by atoms with Gasteiger partial charge in [0.15, 0.2) is 11.5 Å². The molecule has 1 saturated heterocycles. The molecule has 0 radical (unpaired) electrons. The summed E-state index contributed by atoms with van der Waals surface area (Å²) in [6.45, 7) is 2.25. The van der Waals surface area contributed by atoms with Crippen LogP contribution in [0.25, 0.3) is 16.8 Å². The predicted octanol–water partition coefficient (Wildman–Crippen LogP) is 4.95. The maximum atomic E-state index is 12.9. The van der Waals surface area contributed by atoms with Crippen molar-refractivity contribution in [3.05, 3.63) is 76.7 Å². The highest BCUT2D eigenvalue weighted by Gasteiger charge is 2.22. The molecule has 0 saturated carbocycles. The van der Waals surface area contributed by atoms with E-state index in [9.17, 15) is 9.59 Å². The number of carbonyl (C=O) groups is 2. The Hall–Kier alpha value is -3.16. The molecule has 1 aliphatic heterocycles. The van der Waals surface area contributed by atoms with Crippen molar-refractivity contribution in [2.45, 2.75) is 6.92 Å². The molecular weight excluding hydrogens is 418 g/mol. The minimum atomic E-state index is -0.463. The predicted molar refractivity (Wildman–Crippen MR) is 123 cm³/mol. The molecule has 7 heteroatoms. The molecule has 3 aromatic rings. The number of thioether (sulfide) groups is 1. The first-order valence-corrected chi connectivity index (χ1v) is 10.5. The molecule has 150 valence electrons. The van der Waals surface area contributed by atoms with Crippen LogP contribution in [0.15, 0.2) is 65.6 Å². The molecule has 4 rings (SSSR count). The van der Waals surface area contributed by atoms with Crippen LogP contribution in [0.3, 0.4) is 0 Å². The Kier molecular flexibility index (Phi) is 5.83. The van der Waals surface area contributed by atoms with E-state index in [-0.39, 0.29) is 5.91 Å². The van der Waals surface area contributed by atoms with E-state index in [1.54, 1.807) is 30.3 Å². The van der Waals surface area contributed by atoms with Crippen molar-refractivity contribution in [1.29, 1.82) is 0 Å². The monoisotopic (exact) mass is 435 g/mol. The van der Waals surface area contributed by atoms with E-state index in [2.05, 4.69) is 5.32 Å².